The molecule has 1 aliphatic heterocycles. The van der Waals surface area contributed by atoms with Gasteiger partial charge in [0, 0.05) is 31.6 Å². The van der Waals surface area contributed by atoms with Crippen molar-refractivity contribution in [2.75, 3.05) is 39.3 Å². The van der Waals surface area contributed by atoms with Gasteiger partial charge in [0.15, 0.2) is 0 Å². The maximum absolute atomic E-state index is 12.7. The molecule has 0 saturated carbocycles. The summed E-state index contributed by atoms with van der Waals surface area (Å²) >= 11 is 0. The van der Waals surface area contributed by atoms with E-state index in [4.69, 9.17) is 0 Å². The molecule has 30 heavy (non-hydrogen) atoms. The largest absolute Gasteiger partial charge is 0.355 e. The Morgan fingerprint density at radius 3 is 2.37 bits per heavy atom. The normalized spacial score (nSPS) is 16.4. The zero-order valence-electron chi connectivity index (χ0n) is 17.1. The van der Waals surface area contributed by atoms with Crippen LogP contribution in [0.4, 0.5) is 0 Å². The van der Waals surface area contributed by atoms with E-state index in [1.807, 2.05) is 65.6 Å². The molecule has 1 N–H and O–H groups in total. The average Bonchev–Trinajstić information content (AvgIpc) is 3.00. The van der Waals surface area contributed by atoms with Gasteiger partial charge in [0.1, 0.15) is 0 Å². The highest BCUT2D eigenvalue weighted by molar-refractivity contribution is 7.92. The summed E-state index contributed by atoms with van der Waals surface area (Å²) in [6.07, 6.45) is 3.13. The van der Waals surface area contributed by atoms with Gasteiger partial charge in [-0.05, 0) is 36.6 Å². The molecule has 1 heterocycles. The van der Waals surface area contributed by atoms with E-state index >= 15 is 0 Å². The summed E-state index contributed by atoms with van der Waals surface area (Å²) in [5.74, 6) is -0.0220. The van der Waals surface area contributed by atoms with Gasteiger partial charge in [-0.2, -0.15) is 4.31 Å². The molecule has 2 aromatic carbocycles. The van der Waals surface area contributed by atoms with Crippen molar-refractivity contribution in [2.24, 2.45) is 0 Å². The first kappa shape index (κ1) is 22.2. The smallest absolute Gasteiger partial charge is 0.236 e. The molecule has 0 aliphatic carbocycles. The van der Waals surface area contributed by atoms with Crippen LogP contribution in [-0.4, -0.2) is 62.8 Å². The minimum absolute atomic E-state index is 0.0220. The zero-order valence-corrected chi connectivity index (χ0v) is 17.9. The summed E-state index contributed by atoms with van der Waals surface area (Å²) in [5, 5.41) is 4.23. The summed E-state index contributed by atoms with van der Waals surface area (Å²) in [7, 11) is -3.48. The van der Waals surface area contributed by atoms with Gasteiger partial charge in [-0.3, -0.25) is 9.69 Å². The molecular weight excluding hydrogens is 398 g/mol. The topological polar surface area (TPSA) is 69.7 Å². The molecule has 1 aliphatic rings. The summed E-state index contributed by atoms with van der Waals surface area (Å²) in [6.45, 7) is 3.00. The van der Waals surface area contributed by atoms with Crippen molar-refractivity contribution in [3.8, 4) is 0 Å². The standard InChI is InChI=1S/C23H29N3O3S/c27-23(24-14-12-21-8-3-1-4-9-21)20-25-15-7-16-26(18-17-25)30(28,29)19-13-22-10-5-2-6-11-22/h1-6,8-11,13,19H,7,12,14-18,20H2,(H,24,27)/b19-13+. The van der Waals surface area contributed by atoms with E-state index in [-0.39, 0.29) is 5.91 Å². The van der Waals surface area contributed by atoms with E-state index in [0.717, 1.165) is 12.0 Å². The van der Waals surface area contributed by atoms with Crippen molar-refractivity contribution >= 4 is 22.0 Å². The first-order valence-electron chi connectivity index (χ1n) is 10.3. The summed E-state index contributed by atoms with van der Waals surface area (Å²) in [6, 6.07) is 19.4. The number of nitrogens with zero attached hydrogens (tertiary/aromatic N) is 2. The van der Waals surface area contributed by atoms with Crippen LogP contribution in [0.5, 0.6) is 0 Å². The van der Waals surface area contributed by atoms with Crippen molar-refractivity contribution < 1.29 is 13.2 Å². The van der Waals surface area contributed by atoms with Gasteiger partial charge in [0.2, 0.25) is 15.9 Å². The lowest BCUT2D eigenvalue weighted by molar-refractivity contribution is -0.122. The Balaban J connectivity index is 1.44. The number of carbonyl (C=O) groups is 1. The van der Waals surface area contributed by atoms with E-state index in [2.05, 4.69) is 5.32 Å². The van der Waals surface area contributed by atoms with Crippen LogP contribution in [0.25, 0.3) is 6.08 Å². The summed E-state index contributed by atoms with van der Waals surface area (Å²) < 4.78 is 26.8. The molecule has 0 aromatic heterocycles. The maximum atomic E-state index is 12.7. The highest BCUT2D eigenvalue weighted by atomic mass is 32.2. The third kappa shape index (κ3) is 7.09. The lowest BCUT2D eigenvalue weighted by Crippen LogP contribution is -2.40. The van der Waals surface area contributed by atoms with Gasteiger partial charge in [0.25, 0.3) is 0 Å². The molecule has 7 heteroatoms. The van der Waals surface area contributed by atoms with Gasteiger partial charge in [-0.1, -0.05) is 60.7 Å². The minimum Gasteiger partial charge on any atom is -0.355 e. The van der Waals surface area contributed by atoms with Crippen molar-refractivity contribution in [2.45, 2.75) is 12.8 Å². The monoisotopic (exact) mass is 427 g/mol. The number of hydrogen-bond acceptors (Lipinski definition) is 4. The fourth-order valence-electron chi connectivity index (χ4n) is 3.42. The molecule has 160 valence electrons. The second-order valence-corrected chi connectivity index (χ2v) is 9.19. The fraction of sp³-hybridized carbons (Fsp3) is 0.348. The van der Waals surface area contributed by atoms with E-state index in [0.29, 0.717) is 45.7 Å². The molecule has 0 atom stereocenters. The van der Waals surface area contributed by atoms with Crippen molar-refractivity contribution in [3.05, 3.63) is 77.2 Å². The van der Waals surface area contributed by atoms with Crippen molar-refractivity contribution in [1.82, 2.24) is 14.5 Å². The number of carbonyl (C=O) groups excluding carboxylic acids is 1. The quantitative estimate of drug-likeness (QED) is 0.702. The number of rotatable bonds is 8. The maximum Gasteiger partial charge on any atom is 0.236 e. The summed E-state index contributed by atoms with van der Waals surface area (Å²) in [4.78, 5) is 14.3. The number of nitrogens with one attached hydrogen (secondary N) is 1. The molecule has 0 spiro atoms. The predicted octanol–water partition coefficient (Wildman–Crippen LogP) is 2.35. The Labute approximate surface area is 179 Å². The molecule has 1 amide bonds. The third-order valence-corrected chi connectivity index (χ3v) is 6.65. The highest BCUT2D eigenvalue weighted by Gasteiger charge is 2.23. The predicted molar refractivity (Wildman–Crippen MR) is 120 cm³/mol. The van der Waals surface area contributed by atoms with Gasteiger partial charge in [0.05, 0.1) is 6.54 Å². The number of hydrogen-bond donors (Lipinski definition) is 1. The van der Waals surface area contributed by atoms with Gasteiger partial charge >= 0.3 is 0 Å². The van der Waals surface area contributed by atoms with Crippen LogP contribution in [0.15, 0.2) is 66.1 Å². The molecule has 0 unspecified atom stereocenters. The van der Waals surface area contributed by atoms with Crippen LogP contribution in [0, 0.1) is 0 Å². The zero-order chi connectivity index (χ0) is 21.2. The minimum atomic E-state index is -3.48. The second-order valence-electron chi connectivity index (χ2n) is 7.37. The van der Waals surface area contributed by atoms with Crippen LogP contribution in [0.3, 0.4) is 0 Å². The highest BCUT2D eigenvalue weighted by Crippen LogP contribution is 2.12. The number of amides is 1. The summed E-state index contributed by atoms with van der Waals surface area (Å²) in [5.41, 5.74) is 2.04. The Morgan fingerprint density at radius 2 is 1.63 bits per heavy atom. The van der Waals surface area contributed by atoms with E-state index in [1.165, 1.54) is 15.3 Å². The Hall–Kier alpha value is -2.48. The van der Waals surface area contributed by atoms with Crippen LogP contribution in [-0.2, 0) is 21.2 Å². The van der Waals surface area contributed by atoms with E-state index < -0.39 is 10.0 Å². The first-order valence-corrected chi connectivity index (χ1v) is 11.8. The SMILES string of the molecule is O=C(CN1CCCN(S(=O)(=O)/C=C/c2ccccc2)CC1)NCCc1ccccc1. The van der Waals surface area contributed by atoms with Crippen molar-refractivity contribution in [3.63, 3.8) is 0 Å². The van der Waals surface area contributed by atoms with Gasteiger partial charge in [-0.15, -0.1) is 0 Å². The molecule has 0 bridgehead atoms. The van der Waals surface area contributed by atoms with Gasteiger partial charge in [-0.25, -0.2) is 8.42 Å². The molecule has 1 fully saturated rings. The molecular formula is C23H29N3O3S. The molecule has 0 radical (unpaired) electrons. The Bertz CT molecular complexity index is 931. The number of sulfonamides is 1. The lowest BCUT2D eigenvalue weighted by atomic mass is 10.1. The molecule has 3 rings (SSSR count). The van der Waals surface area contributed by atoms with E-state index in [1.54, 1.807) is 6.08 Å². The molecule has 1 saturated heterocycles. The Kier molecular flexibility index (Phi) is 8.19. The van der Waals surface area contributed by atoms with Crippen LogP contribution in [0.2, 0.25) is 0 Å². The molecule has 2 aromatic rings. The van der Waals surface area contributed by atoms with Crippen LogP contribution in [0.1, 0.15) is 17.5 Å². The first-order chi connectivity index (χ1) is 14.5. The van der Waals surface area contributed by atoms with Crippen LogP contribution < -0.4 is 5.32 Å². The van der Waals surface area contributed by atoms with Crippen LogP contribution >= 0.6 is 0 Å². The fourth-order valence-corrected chi connectivity index (χ4v) is 4.65. The van der Waals surface area contributed by atoms with E-state index in [9.17, 15) is 13.2 Å². The lowest BCUT2D eigenvalue weighted by Gasteiger charge is -2.20. The third-order valence-electron chi connectivity index (χ3n) is 5.09. The molecule has 6 nitrogen and oxygen atoms in total. The Morgan fingerprint density at radius 1 is 0.933 bits per heavy atom. The van der Waals surface area contributed by atoms with Crippen molar-refractivity contribution in [1.29, 1.82) is 0 Å². The second kappa shape index (κ2) is 11.1. The number of benzene rings is 2. The van der Waals surface area contributed by atoms with Gasteiger partial charge < -0.3 is 5.32 Å². The average molecular weight is 428 g/mol.